The van der Waals surface area contributed by atoms with Crippen LogP contribution in [0.25, 0.3) is 22.5 Å². The molecule has 6 rings (SSSR count). The Hall–Kier alpha value is -2.95. The second kappa shape index (κ2) is 5.31. The summed E-state index contributed by atoms with van der Waals surface area (Å²) in [5, 5.41) is 3.04. The zero-order chi connectivity index (χ0) is 19.0. The van der Waals surface area contributed by atoms with Crippen LogP contribution in [0.3, 0.4) is 0 Å². The van der Waals surface area contributed by atoms with Crippen LogP contribution in [0.1, 0.15) is 45.6 Å². The number of pyridine rings is 1. The normalized spacial score (nSPS) is 18.3. The van der Waals surface area contributed by atoms with Crippen LogP contribution in [0.2, 0.25) is 0 Å². The number of carbonyl (C=O) groups excluding carboxylic acids is 1. The Morgan fingerprint density at radius 3 is 2.64 bits per heavy atom. The van der Waals surface area contributed by atoms with E-state index in [1.807, 2.05) is 31.2 Å². The van der Waals surface area contributed by atoms with Gasteiger partial charge in [0.25, 0.3) is 5.91 Å². The summed E-state index contributed by atoms with van der Waals surface area (Å²) in [5.74, 6) is -0.326. The Kier molecular flexibility index (Phi) is 3.04. The lowest BCUT2D eigenvalue weighted by atomic mass is 9.85. The zero-order valence-electron chi connectivity index (χ0n) is 15.7. The lowest BCUT2D eigenvalue weighted by Gasteiger charge is -2.23. The molecule has 1 aliphatic heterocycles. The van der Waals surface area contributed by atoms with Gasteiger partial charge in [0, 0.05) is 35.0 Å². The average molecular weight is 373 g/mol. The summed E-state index contributed by atoms with van der Waals surface area (Å²) in [5.41, 5.74) is 7.31. The van der Waals surface area contributed by atoms with Gasteiger partial charge >= 0.3 is 0 Å². The van der Waals surface area contributed by atoms with E-state index in [0.717, 1.165) is 58.5 Å². The second-order valence-corrected chi connectivity index (χ2v) is 8.38. The molecule has 1 saturated carbocycles. The predicted molar refractivity (Wildman–Crippen MR) is 105 cm³/mol. The van der Waals surface area contributed by atoms with Gasteiger partial charge in [-0.25, -0.2) is 4.39 Å². The average Bonchev–Trinajstić information content (AvgIpc) is 3.36. The molecule has 2 aromatic heterocycles. The van der Waals surface area contributed by atoms with Crippen molar-refractivity contribution in [3.8, 4) is 22.5 Å². The smallest absolute Gasteiger partial charge is 0.253 e. The van der Waals surface area contributed by atoms with E-state index in [1.165, 1.54) is 0 Å². The monoisotopic (exact) mass is 373 g/mol. The Bertz CT molecular complexity index is 1160. The van der Waals surface area contributed by atoms with E-state index in [4.69, 9.17) is 0 Å². The number of fused-ring (bicyclic) bond motifs is 6. The number of carbonyl (C=O) groups is 1. The molecular weight excluding hydrogens is 353 g/mol. The number of hydrogen-bond donors (Lipinski definition) is 2. The molecular formula is C23H20FN3O. The lowest BCUT2D eigenvalue weighted by molar-refractivity contribution is 0.0936. The van der Waals surface area contributed by atoms with Gasteiger partial charge in [-0.2, -0.15) is 0 Å². The van der Waals surface area contributed by atoms with E-state index in [0.29, 0.717) is 24.2 Å². The highest BCUT2D eigenvalue weighted by Gasteiger charge is 2.51. The van der Waals surface area contributed by atoms with Gasteiger partial charge in [0.05, 0.1) is 11.3 Å². The van der Waals surface area contributed by atoms with Gasteiger partial charge in [-0.05, 0) is 43.7 Å². The van der Waals surface area contributed by atoms with Crippen LogP contribution >= 0.6 is 0 Å². The molecule has 4 nitrogen and oxygen atoms in total. The van der Waals surface area contributed by atoms with Crippen molar-refractivity contribution >= 4 is 5.91 Å². The standard InChI is InChI=1S/C23H20FN3O/c1-12-2-4-13(5-3-12)19-18(24)16-14(10-25-19)6-7-15-17-21(27-20(15)16)23(8-9-23)11-26-22(17)28/h2-5,10,27H,6-9,11H2,1H3,(H,26,28). The van der Waals surface area contributed by atoms with E-state index >= 15 is 4.39 Å². The Balaban J connectivity index is 1.58. The van der Waals surface area contributed by atoms with Gasteiger partial charge in [-0.15, -0.1) is 0 Å². The molecule has 140 valence electrons. The maximum absolute atomic E-state index is 15.7. The molecule has 2 N–H and O–H groups in total. The van der Waals surface area contributed by atoms with Crippen LogP contribution in [0.5, 0.6) is 0 Å². The van der Waals surface area contributed by atoms with Crippen molar-refractivity contribution in [1.82, 2.24) is 15.3 Å². The first kappa shape index (κ1) is 16.0. The first-order valence-corrected chi connectivity index (χ1v) is 9.86. The maximum Gasteiger partial charge on any atom is 0.253 e. The summed E-state index contributed by atoms with van der Waals surface area (Å²) in [6, 6.07) is 7.75. The fourth-order valence-electron chi connectivity index (χ4n) is 4.81. The van der Waals surface area contributed by atoms with E-state index in [-0.39, 0.29) is 17.1 Å². The maximum atomic E-state index is 15.7. The number of aromatic nitrogens is 2. The molecule has 0 radical (unpaired) electrons. The zero-order valence-corrected chi connectivity index (χ0v) is 15.7. The second-order valence-electron chi connectivity index (χ2n) is 8.38. The minimum atomic E-state index is -0.300. The number of nitrogens with one attached hydrogen (secondary N) is 2. The number of amides is 1. The van der Waals surface area contributed by atoms with Gasteiger partial charge in [-0.1, -0.05) is 29.8 Å². The molecule has 3 aliphatic rings. The SMILES string of the molecule is Cc1ccc(-c2ncc3c(c2F)-c2[nH]c4c(c2CC3)C(=O)NCC42CC2)cc1. The fourth-order valence-corrected chi connectivity index (χ4v) is 4.81. The van der Waals surface area contributed by atoms with Crippen LogP contribution in [0, 0.1) is 12.7 Å². The Labute approximate surface area is 162 Å². The van der Waals surface area contributed by atoms with Crippen LogP contribution in [-0.4, -0.2) is 22.4 Å². The highest BCUT2D eigenvalue weighted by molar-refractivity contribution is 6.01. The van der Waals surface area contributed by atoms with E-state index < -0.39 is 0 Å². The molecule has 1 spiro atoms. The van der Waals surface area contributed by atoms with Crippen LogP contribution in [0.4, 0.5) is 4.39 Å². The number of halogens is 1. The minimum absolute atomic E-state index is 0.0262. The molecule has 0 saturated heterocycles. The third-order valence-electron chi connectivity index (χ3n) is 6.62. The Morgan fingerprint density at radius 1 is 1.11 bits per heavy atom. The summed E-state index contributed by atoms with van der Waals surface area (Å²) in [7, 11) is 0. The third-order valence-corrected chi connectivity index (χ3v) is 6.62. The topological polar surface area (TPSA) is 57.8 Å². The molecule has 3 aromatic rings. The number of nitrogens with zero attached hydrogens (tertiary/aromatic N) is 1. The lowest BCUT2D eigenvalue weighted by Crippen LogP contribution is -2.39. The quantitative estimate of drug-likeness (QED) is 0.676. The number of H-pyrrole nitrogens is 1. The molecule has 2 aliphatic carbocycles. The first-order valence-electron chi connectivity index (χ1n) is 9.86. The number of aryl methyl sites for hydroxylation is 2. The van der Waals surface area contributed by atoms with Gasteiger partial charge in [0.2, 0.25) is 0 Å². The van der Waals surface area contributed by atoms with Gasteiger partial charge < -0.3 is 10.3 Å². The molecule has 0 unspecified atom stereocenters. The van der Waals surface area contributed by atoms with Crippen molar-refractivity contribution in [3.63, 3.8) is 0 Å². The van der Waals surface area contributed by atoms with Crippen LogP contribution in [-0.2, 0) is 18.3 Å². The number of rotatable bonds is 1. The van der Waals surface area contributed by atoms with Crippen molar-refractivity contribution < 1.29 is 9.18 Å². The molecule has 0 atom stereocenters. The summed E-state index contributed by atoms with van der Waals surface area (Å²) in [4.78, 5) is 20.5. The largest absolute Gasteiger partial charge is 0.357 e. The van der Waals surface area contributed by atoms with Crippen LogP contribution in [0.15, 0.2) is 30.5 Å². The molecule has 28 heavy (non-hydrogen) atoms. The summed E-state index contributed by atoms with van der Waals surface area (Å²) in [6.07, 6.45) is 5.37. The summed E-state index contributed by atoms with van der Waals surface area (Å²) < 4.78 is 15.7. The van der Waals surface area contributed by atoms with Crippen molar-refractivity contribution in [3.05, 3.63) is 64.2 Å². The Morgan fingerprint density at radius 2 is 1.89 bits per heavy atom. The number of aromatic amines is 1. The molecule has 3 heterocycles. The van der Waals surface area contributed by atoms with Crippen LogP contribution < -0.4 is 5.32 Å². The minimum Gasteiger partial charge on any atom is -0.357 e. The molecule has 1 amide bonds. The highest BCUT2D eigenvalue weighted by atomic mass is 19.1. The summed E-state index contributed by atoms with van der Waals surface area (Å²) >= 11 is 0. The van der Waals surface area contributed by atoms with E-state index in [9.17, 15) is 4.79 Å². The van der Waals surface area contributed by atoms with Gasteiger partial charge in [-0.3, -0.25) is 9.78 Å². The molecule has 0 bridgehead atoms. The third kappa shape index (κ3) is 2.04. The van der Waals surface area contributed by atoms with E-state index in [1.54, 1.807) is 6.20 Å². The first-order chi connectivity index (χ1) is 13.6. The number of hydrogen-bond acceptors (Lipinski definition) is 2. The summed E-state index contributed by atoms with van der Waals surface area (Å²) in [6.45, 7) is 2.69. The number of benzene rings is 1. The predicted octanol–water partition coefficient (Wildman–Crippen LogP) is 4.06. The molecule has 1 aromatic carbocycles. The fraction of sp³-hybridized carbons (Fsp3) is 0.304. The highest BCUT2D eigenvalue weighted by Crippen LogP contribution is 2.53. The van der Waals surface area contributed by atoms with Crippen molar-refractivity contribution in [1.29, 1.82) is 0 Å². The van der Waals surface area contributed by atoms with Crippen molar-refractivity contribution in [2.75, 3.05) is 6.54 Å². The van der Waals surface area contributed by atoms with Crippen molar-refractivity contribution in [2.24, 2.45) is 0 Å². The van der Waals surface area contributed by atoms with Gasteiger partial charge in [0.15, 0.2) is 5.82 Å². The van der Waals surface area contributed by atoms with Gasteiger partial charge in [0.1, 0.15) is 5.69 Å². The molecule has 5 heteroatoms. The van der Waals surface area contributed by atoms with Crippen molar-refractivity contribution in [2.45, 2.75) is 38.0 Å². The molecule has 1 fully saturated rings. The van der Waals surface area contributed by atoms with E-state index in [2.05, 4.69) is 15.3 Å².